The van der Waals surface area contributed by atoms with Gasteiger partial charge in [-0.25, -0.2) is 13.6 Å². The molecule has 2 aliphatic rings. The summed E-state index contributed by atoms with van der Waals surface area (Å²) in [6.45, 7) is 10.2. The van der Waals surface area contributed by atoms with E-state index in [1.165, 1.54) is 12.5 Å². The third-order valence-electron chi connectivity index (χ3n) is 6.34. The summed E-state index contributed by atoms with van der Waals surface area (Å²) in [5.41, 5.74) is 3.98. The van der Waals surface area contributed by atoms with Crippen molar-refractivity contribution < 1.29 is 23.1 Å². The first-order valence-electron chi connectivity index (χ1n) is 12.1. The number of alkyl halides is 1. The van der Waals surface area contributed by atoms with Crippen molar-refractivity contribution in [2.45, 2.75) is 47.0 Å². The predicted molar refractivity (Wildman–Crippen MR) is 131 cm³/mol. The van der Waals surface area contributed by atoms with Crippen LogP contribution in [-0.4, -0.2) is 67.7 Å². The SMILES string of the molecule is C/C(C#N)=C(F)\C=C(/CF)CC(=O)N1CCN(CCc2ccc3c(c2C)CCOC3=O)CC1.CC. The quantitative estimate of drug-likeness (QED) is 0.322. The molecule has 3 rings (SSSR count). The van der Waals surface area contributed by atoms with Crippen LogP contribution in [0.1, 0.15) is 54.2 Å². The van der Waals surface area contributed by atoms with Gasteiger partial charge < -0.3 is 9.64 Å². The number of carbonyl (C=O) groups is 2. The van der Waals surface area contributed by atoms with Crippen molar-refractivity contribution >= 4 is 11.9 Å². The molecule has 1 saturated heterocycles. The molecule has 1 fully saturated rings. The summed E-state index contributed by atoms with van der Waals surface area (Å²) in [5, 5.41) is 8.73. The van der Waals surface area contributed by atoms with E-state index in [1.54, 1.807) is 11.0 Å². The monoisotopic (exact) mass is 487 g/mol. The number of amides is 1. The van der Waals surface area contributed by atoms with Crippen LogP contribution in [0.15, 0.2) is 35.2 Å². The van der Waals surface area contributed by atoms with E-state index < -0.39 is 12.5 Å². The minimum Gasteiger partial charge on any atom is -0.462 e. The number of hydrogen-bond acceptors (Lipinski definition) is 5. The highest BCUT2D eigenvalue weighted by Gasteiger charge is 2.24. The number of fused-ring (bicyclic) bond motifs is 1. The Morgan fingerprint density at radius 2 is 1.91 bits per heavy atom. The minimum absolute atomic E-state index is 0.0290. The van der Waals surface area contributed by atoms with Gasteiger partial charge in [-0.1, -0.05) is 19.9 Å². The Labute approximate surface area is 206 Å². The molecule has 0 aromatic heterocycles. The number of halogens is 2. The fourth-order valence-electron chi connectivity index (χ4n) is 4.20. The van der Waals surface area contributed by atoms with Crippen molar-refractivity contribution in [2.75, 3.05) is 46.0 Å². The Hall–Kier alpha value is -3.05. The Morgan fingerprint density at radius 3 is 2.54 bits per heavy atom. The number of nitrogens with zero attached hydrogens (tertiary/aromatic N) is 3. The summed E-state index contributed by atoms with van der Waals surface area (Å²) >= 11 is 0. The molecule has 1 aromatic carbocycles. The lowest BCUT2D eigenvalue weighted by molar-refractivity contribution is -0.132. The average molecular weight is 488 g/mol. The number of allylic oxidation sites excluding steroid dienone is 3. The molecule has 0 unspecified atom stereocenters. The Kier molecular flexibility index (Phi) is 11.1. The van der Waals surface area contributed by atoms with Crippen molar-refractivity contribution in [1.82, 2.24) is 9.80 Å². The van der Waals surface area contributed by atoms with Crippen LogP contribution in [0.25, 0.3) is 0 Å². The lowest BCUT2D eigenvalue weighted by atomic mass is 9.92. The zero-order valence-corrected chi connectivity index (χ0v) is 21.1. The standard InChI is InChI=1S/C25H29F2N3O3.C2H6/c1-17(16-28)23(27)13-19(15-26)14-24(31)30-10-8-29(9-11-30)7-5-20-3-4-22-21(18(20)2)6-12-33-25(22)32;1-2/h3-4,13H,5-12,14-15H2,1-2H3;1-2H3/b19-13-,23-17-;. The molecule has 0 spiro atoms. The summed E-state index contributed by atoms with van der Waals surface area (Å²) in [7, 11) is 0. The predicted octanol–water partition coefficient (Wildman–Crippen LogP) is 4.47. The van der Waals surface area contributed by atoms with Crippen LogP contribution >= 0.6 is 0 Å². The first-order chi connectivity index (χ1) is 16.8. The second-order valence-electron chi connectivity index (χ2n) is 8.43. The molecular formula is C27H35F2N3O3. The molecule has 2 heterocycles. The van der Waals surface area contributed by atoms with E-state index in [2.05, 4.69) is 11.8 Å². The molecule has 2 aliphatic heterocycles. The number of rotatable bonds is 7. The molecule has 190 valence electrons. The highest BCUT2D eigenvalue weighted by Crippen LogP contribution is 2.24. The molecule has 0 radical (unpaired) electrons. The van der Waals surface area contributed by atoms with Crippen molar-refractivity contribution in [3.63, 3.8) is 0 Å². The molecule has 6 nitrogen and oxygen atoms in total. The summed E-state index contributed by atoms with van der Waals surface area (Å²) in [6.07, 6.45) is 2.35. The van der Waals surface area contributed by atoms with Gasteiger partial charge in [0.2, 0.25) is 5.91 Å². The summed E-state index contributed by atoms with van der Waals surface area (Å²) in [5.74, 6) is -1.30. The number of cyclic esters (lactones) is 1. The van der Waals surface area contributed by atoms with Crippen LogP contribution in [0, 0.1) is 18.3 Å². The van der Waals surface area contributed by atoms with Gasteiger partial charge in [0.25, 0.3) is 0 Å². The van der Waals surface area contributed by atoms with Gasteiger partial charge in [0.15, 0.2) is 0 Å². The molecule has 35 heavy (non-hydrogen) atoms. The molecule has 0 N–H and O–H groups in total. The van der Waals surface area contributed by atoms with Crippen molar-refractivity contribution in [2.24, 2.45) is 0 Å². The molecule has 0 saturated carbocycles. The van der Waals surface area contributed by atoms with Crippen LogP contribution in [0.5, 0.6) is 0 Å². The Morgan fingerprint density at radius 1 is 1.23 bits per heavy atom. The maximum atomic E-state index is 13.8. The second kappa shape index (κ2) is 13.7. The summed E-state index contributed by atoms with van der Waals surface area (Å²) < 4.78 is 32.2. The van der Waals surface area contributed by atoms with E-state index >= 15 is 0 Å². The van der Waals surface area contributed by atoms with Gasteiger partial charge in [0, 0.05) is 39.1 Å². The van der Waals surface area contributed by atoms with Gasteiger partial charge in [-0.3, -0.25) is 9.69 Å². The van der Waals surface area contributed by atoms with Crippen molar-refractivity contribution in [3.05, 3.63) is 57.4 Å². The first-order valence-corrected chi connectivity index (χ1v) is 12.1. The third kappa shape index (κ3) is 7.46. The lowest BCUT2D eigenvalue weighted by Crippen LogP contribution is -2.49. The van der Waals surface area contributed by atoms with Crippen LogP contribution in [0.3, 0.4) is 0 Å². The highest BCUT2D eigenvalue weighted by molar-refractivity contribution is 5.92. The van der Waals surface area contributed by atoms with Gasteiger partial charge >= 0.3 is 5.97 Å². The number of piperazine rings is 1. The molecule has 0 atom stereocenters. The van der Waals surface area contributed by atoms with Crippen molar-refractivity contribution in [3.8, 4) is 6.07 Å². The number of carbonyl (C=O) groups excluding carboxylic acids is 2. The second-order valence-corrected chi connectivity index (χ2v) is 8.43. The topological polar surface area (TPSA) is 73.6 Å². The van der Waals surface area contributed by atoms with Crippen LogP contribution in [-0.2, 0) is 22.4 Å². The Balaban J connectivity index is 0.00000210. The maximum Gasteiger partial charge on any atom is 0.338 e. The van der Waals surface area contributed by atoms with E-state index in [0.29, 0.717) is 38.3 Å². The number of esters is 1. The van der Waals surface area contributed by atoms with Gasteiger partial charge in [-0.05, 0) is 54.7 Å². The lowest BCUT2D eigenvalue weighted by Gasteiger charge is -2.35. The molecule has 1 aromatic rings. The van der Waals surface area contributed by atoms with Crippen molar-refractivity contribution in [1.29, 1.82) is 5.26 Å². The summed E-state index contributed by atoms with van der Waals surface area (Å²) in [4.78, 5) is 28.4. The molecule has 0 bridgehead atoms. The van der Waals surface area contributed by atoms with E-state index in [-0.39, 0.29) is 29.4 Å². The zero-order chi connectivity index (χ0) is 26.0. The van der Waals surface area contributed by atoms with E-state index in [9.17, 15) is 18.4 Å². The number of ether oxygens (including phenoxy) is 1. The average Bonchev–Trinajstić information content (AvgIpc) is 2.89. The smallest absolute Gasteiger partial charge is 0.338 e. The normalized spacial score (nSPS) is 16.9. The number of hydrogen-bond donors (Lipinski definition) is 0. The number of benzene rings is 1. The largest absolute Gasteiger partial charge is 0.462 e. The van der Waals surface area contributed by atoms with Gasteiger partial charge in [-0.2, -0.15) is 5.26 Å². The van der Waals surface area contributed by atoms with Gasteiger partial charge in [0.1, 0.15) is 12.5 Å². The number of nitriles is 1. The molecule has 1 amide bonds. The van der Waals surface area contributed by atoms with Crippen LogP contribution in [0.2, 0.25) is 0 Å². The van der Waals surface area contributed by atoms with E-state index in [1.807, 2.05) is 26.0 Å². The molecular weight excluding hydrogens is 452 g/mol. The Bertz CT molecular complexity index is 1020. The summed E-state index contributed by atoms with van der Waals surface area (Å²) in [6, 6.07) is 5.52. The van der Waals surface area contributed by atoms with E-state index in [4.69, 9.17) is 10.00 Å². The zero-order valence-electron chi connectivity index (χ0n) is 21.1. The minimum atomic E-state index is -0.935. The molecule has 8 heteroatoms. The van der Waals surface area contributed by atoms with Crippen LogP contribution in [0.4, 0.5) is 8.78 Å². The molecule has 0 aliphatic carbocycles. The fourth-order valence-corrected chi connectivity index (χ4v) is 4.20. The van der Waals surface area contributed by atoms with E-state index in [0.717, 1.165) is 36.6 Å². The third-order valence-corrected chi connectivity index (χ3v) is 6.34. The fraction of sp³-hybridized carbons (Fsp3) is 0.519. The maximum absolute atomic E-state index is 13.8. The highest BCUT2D eigenvalue weighted by atomic mass is 19.1. The van der Waals surface area contributed by atoms with Crippen LogP contribution < -0.4 is 0 Å². The van der Waals surface area contributed by atoms with Gasteiger partial charge in [-0.15, -0.1) is 0 Å². The first kappa shape index (κ1) is 28.2. The van der Waals surface area contributed by atoms with Gasteiger partial charge in [0.05, 0.1) is 30.2 Å².